The lowest BCUT2D eigenvalue weighted by molar-refractivity contribution is -0.274. The Bertz CT molecular complexity index is 1050. The number of hydrogen-bond donors (Lipinski definition) is 2. The summed E-state index contributed by atoms with van der Waals surface area (Å²) in [5, 5.41) is 0. The molecule has 0 radical (unpaired) electrons. The maximum Gasteiger partial charge on any atom is 0.573 e. The van der Waals surface area contributed by atoms with Crippen LogP contribution in [-0.2, 0) is 18.3 Å². The SMILES string of the molecule is Cn1c(CCC(=O)NNC(=O)c2ccccc2OC(F)(F)F)nc2ccccc21. The van der Waals surface area contributed by atoms with Gasteiger partial charge in [-0.05, 0) is 24.3 Å². The number of benzene rings is 2. The fourth-order valence-electron chi connectivity index (χ4n) is 2.77. The Balaban J connectivity index is 1.57. The van der Waals surface area contributed by atoms with Gasteiger partial charge >= 0.3 is 6.36 Å². The zero-order chi connectivity index (χ0) is 21.0. The van der Waals surface area contributed by atoms with Crippen LogP contribution in [0.15, 0.2) is 48.5 Å². The first-order valence-electron chi connectivity index (χ1n) is 8.59. The summed E-state index contributed by atoms with van der Waals surface area (Å²) < 4.78 is 43.0. The second-order valence-electron chi connectivity index (χ2n) is 6.12. The van der Waals surface area contributed by atoms with E-state index in [0.29, 0.717) is 12.2 Å². The number of carbonyl (C=O) groups excluding carboxylic acids is 2. The summed E-state index contributed by atoms with van der Waals surface area (Å²) in [6.07, 6.45) is -4.59. The number of aryl methyl sites for hydroxylation is 2. The van der Waals surface area contributed by atoms with E-state index in [1.165, 1.54) is 12.1 Å². The van der Waals surface area contributed by atoms with Gasteiger partial charge < -0.3 is 9.30 Å². The van der Waals surface area contributed by atoms with Crippen molar-refractivity contribution in [3.05, 3.63) is 59.9 Å². The monoisotopic (exact) mass is 406 g/mol. The van der Waals surface area contributed by atoms with E-state index in [-0.39, 0.29) is 12.0 Å². The zero-order valence-corrected chi connectivity index (χ0v) is 15.3. The van der Waals surface area contributed by atoms with E-state index in [2.05, 4.69) is 20.6 Å². The third-order valence-electron chi connectivity index (χ3n) is 4.13. The standard InChI is InChI=1S/C19H17F3N4O3/c1-26-14-8-4-3-7-13(14)23-16(26)10-11-17(27)24-25-18(28)12-6-2-5-9-15(12)29-19(20,21)22/h2-9H,10-11H2,1H3,(H,24,27)(H,25,28). The average Bonchev–Trinajstić information content (AvgIpc) is 3.00. The highest BCUT2D eigenvalue weighted by molar-refractivity contribution is 5.97. The number of nitrogens with one attached hydrogen (secondary N) is 2. The number of fused-ring (bicyclic) bond motifs is 1. The Hall–Kier alpha value is -3.56. The minimum atomic E-state index is -4.94. The van der Waals surface area contributed by atoms with Crippen molar-refractivity contribution in [2.75, 3.05) is 0 Å². The summed E-state index contributed by atoms with van der Waals surface area (Å²) in [6, 6.07) is 12.4. The predicted molar refractivity (Wildman–Crippen MR) is 97.8 cm³/mol. The molecule has 0 aliphatic carbocycles. The molecule has 0 unspecified atom stereocenters. The Labute approximate surface area is 163 Å². The van der Waals surface area contributed by atoms with Crippen molar-refractivity contribution in [1.29, 1.82) is 0 Å². The number of alkyl halides is 3. The first kappa shape index (κ1) is 20.2. The van der Waals surface area contributed by atoms with Crippen LogP contribution in [-0.4, -0.2) is 27.7 Å². The number of halogens is 3. The first-order chi connectivity index (χ1) is 13.7. The van der Waals surface area contributed by atoms with Crippen LogP contribution in [0.1, 0.15) is 22.6 Å². The fraction of sp³-hybridized carbons (Fsp3) is 0.211. The topological polar surface area (TPSA) is 85.2 Å². The normalized spacial score (nSPS) is 11.3. The Morgan fingerprint density at radius 3 is 2.48 bits per heavy atom. The number of aromatic nitrogens is 2. The number of carbonyl (C=O) groups is 2. The zero-order valence-electron chi connectivity index (χ0n) is 15.3. The van der Waals surface area contributed by atoms with E-state index in [4.69, 9.17) is 0 Å². The molecule has 152 valence electrons. The van der Waals surface area contributed by atoms with Gasteiger partial charge in [0.05, 0.1) is 16.6 Å². The second kappa shape index (κ2) is 8.21. The molecular formula is C19H17F3N4O3. The minimum Gasteiger partial charge on any atom is -0.405 e. The molecule has 0 atom stereocenters. The van der Waals surface area contributed by atoms with E-state index >= 15 is 0 Å². The van der Waals surface area contributed by atoms with Crippen LogP contribution in [0.2, 0.25) is 0 Å². The minimum absolute atomic E-state index is 0.0259. The third kappa shape index (κ3) is 5.03. The molecule has 1 aromatic heterocycles. The molecule has 7 nitrogen and oxygen atoms in total. The molecule has 2 amide bonds. The van der Waals surface area contributed by atoms with Crippen LogP contribution in [0.25, 0.3) is 11.0 Å². The molecule has 0 spiro atoms. The van der Waals surface area contributed by atoms with Crippen LogP contribution < -0.4 is 15.6 Å². The van der Waals surface area contributed by atoms with E-state index in [1.54, 1.807) is 0 Å². The summed E-state index contributed by atoms with van der Waals surface area (Å²) in [4.78, 5) is 28.6. The number of imidazole rings is 1. The molecular weight excluding hydrogens is 389 g/mol. The molecule has 1 heterocycles. The van der Waals surface area contributed by atoms with Crippen molar-refractivity contribution >= 4 is 22.8 Å². The van der Waals surface area contributed by atoms with E-state index in [1.807, 2.05) is 35.9 Å². The summed E-state index contributed by atoms with van der Waals surface area (Å²) in [5.41, 5.74) is 5.64. The van der Waals surface area contributed by atoms with Gasteiger partial charge in [0, 0.05) is 19.9 Å². The van der Waals surface area contributed by atoms with Gasteiger partial charge in [-0.1, -0.05) is 24.3 Å². The van der Waals surface area contributed by atoms with Gasteiger partial charge in [0.25, 0.3) is 5.91 Å². The van der Waals surface area contributed by atoms with Crippen LogP contribution >= 0.6 is 0 Å². The number of ether oxygens (including phenoxy) is 1. The fourth-order valence-corrected chi connectivity index (χ4v) is 2.77. The van der Waals surface area contributed by atoms with Gasteiger partial charge in [0.2, 0.25) is 5.91 Å². The number of rotatable bonds is 5. The largest absolute Gasteiger partial charge is 0.573 e. The molecule has 3 aromatic rings. The molecule has 0 saturated carbocycles. The molecule has 3 rings (SSSR count). The summed E-state index contributed by atoms with van der Waals surface area (Å²) in [6.45, 7) is 0. The molecule has 2 aromatic carbocycles. The quantitative estimate of drug-likeness (QED) is 0.638. The highest BCUT2D eigenvalue weighted by Gasteiger charge is 2.32. The molecule has 0 fully saturated rings. The van der Waals surface area contributed by atoms with E-state index < -0.39 is 23.9 Å². The second-order valence-corrected chi connectivity index (χ2v) is 6.12. The van der Waals surface area contributed by atoms with Crippen molar-refractivity contribution in [1.82, 2.24) is 20.4 Å². The van der Waals surface area contributed by atoms with Crippen LogP contribution in [0.5, 0.6) is 5.75 Å². The van der Waals surface area contributed by atoms with Gasteiger partial charge in [0.1, 0.15) is 11.6 Å². The molecule has 29 heavy (non-hydrogen) atoms. The van der Waals surface area contributed by atoms with E-state index in [0.717, 1.165) is 23.2 Å². The molecule has 0 bridgehead atoms. The Morgan fingerprint density at radius 2 is 1.76 bits per heavy atom. The maximum absolute atomic E-state index is 12.4. The Kier molecular flexibility index (Phi) is 5.71. The molecule has 10 heteroatoms. The van der Waals surface area contributed by atoms with Crippen LogP contribution in [0, 0.1) is 0 Å². The summed E-state index contributed by atoms with van der Waals surface area (Å²) >= 11 is 0. The van der Waals surface area contributed by atoms with Gasteiger partial charge in [-0.2, -0.15) is 0 Å². The number of para-hydroxylation sites is 3. The van der Waals surface area contributed by atoms with Gasteiger partial charge in [-0.3, -0.25) is 20.4 Å². The van der Waals surface area contributed by atoms with Gasteiger partial charge in [-0.25, -0.2) is 4.98 Å². The highest BCUT2D eigenvalue weighted by atomic mass is 19.4. The van der Waals surface area contributed by atoms with Crippen molar-refractivity contribution < 1.29 is 27.5 Å². The van der Waals surface area contributed by atoms with Crippen LogP contribution in [0.3, 0.4) is 0 Å². The highest BCUT2D eigenvalue weighted by Crippen LogP contribution is 2.26. The lowest BCUT2D eigenvalue weighted by atomic mass is 10.2. The summed E-state index contributed by atoms with van der Waals surface area (Å²) in [5.74, 6) is -1.41. The lowest BCUT2D eigenvalue weighted by Crippen LogP contribution is -2.42. The van der Waals surface area contributed by atoms with Crippen molar-refractivity contribution in [2.45, 2.75) is 19.2 Å². The lowest BCUT2D eigenvalue weighted by Gasteiger charge is -2.13. The van der Waals surface area contributed by atoms with E-state index in [9.17, 15) is 22.8 Å². The number of amides is 2. The first-order valence-corrected chi connectivity index (χ1v) is 8.59. The Morgan fingerprint density at radius 1 is 1.07 bits per heavy atom. The number of nitrogens with zero attached hydrogens (tertiary/aromatic N) is 2. The smallest absolute Gasteiger partial charge is 0.405 e. The van der Waals surface area contributed by atoms with Gasteiger partial charge in [-0.15, -0.1) is 13.2 Å². The molecule has 0 aliphatic heterocycles. The summed E-state index contributed by atoms with van der Waals surface area (Å²) in [7, 11) is 1.84. The average molecular weight is 406 g/mol. The molecule has 2 N–H and O–H groups in total. The van der Waals surface area contributed by atoms with Crippen molar-refractivity contribution in [3.63, 3.8) is 0 Å². The van der Waals surface area contributed by atoms with Crippen molar-refractivity contribution in [2.24, 2.45) is 7.05 Å². The predicted octanol–water partition coefficient (Wildman–Crippen LogP) is 2.87. The molecule has 0 aliphatic rings. The van der Waals surface area contributed by atoms with Gasteiger partial charge in [0.15, 0.2) is 0 Å². The number of hydrogen-bond acceptors (Lipinski definition) is 4. The maximum atomic E-state index is 12.4. The van der Waals surface area contributed by atoms with Crippen molar-refractivity contribution in [3.8, 4) is 5.75 Å². The third-order valence-corrected chi connectivity index (χ3v) is 4.13. The molecule has 0 saturated heterocycles. The van der Waals surface area contributed by atoms with Crippen LogP contribution in [0.4, 0.5) is 13.2 Å². The number of hydrazine groups is 1.